The first-order chi connectivity index (χ1) is 15.3. The van der Waals surface area contributed by atoms with Gasteiger partial charge in [-0.25, -0.2) is 4.79 Å². The van der Waals surface area contributed by atoms with E-state index in [1.165, 1.54) is 16.5 Å². The summed E-state index contributed by atoms with van der Waals surface area (Å²) in [5.74, 6) is 0.846. The van der Waals surface area contributed by atoms with Crippen LogP contribution in [0.1, 0.15) is 58.4 Å². The number of hydrogen-bond acceptors (Lipinski definition) is 3. The highest BCUT2D eigenvalue weighted by molar-refractivity contribution is 5.83. The molecule has 7 heteroatoms. The van der Waals surface area contributed by atoms with Gasteiger partial charge in [-0.15, -0.1) is 0 Å². The molecule has 2 saturated heterocycles. The smallest absolute Gasteiger partial charge is 0.410 e. The maximum absolute atomic E-state index is 12.7. The first-order valence-electron chi connectivity index (χ1n) is 11.9. The normalized spacial score (nSPS) is 23.4. The van der Waals surface area contributed by atoms with Crippen molar-refractivity contribution in [3.05, 3.63) is 36.0 Å². The minimum absolute atomic E-state index is 0.164. The van der Waals surface area contributed by atoms with Crippen LogP contribution in [0.5, 0.6) is 0 Å². The lowest BCUT2D eigenvalue weighted by molar-refractivity contribution is 0.00545. The third-order valence-electron chi connectivity index (χ3n) is 6.49. The number of carbonyl (C=O) groups excluding carboxylic acids is 1. The van der Waals surface area contributed by atoms with Crippen LogP contribution in [0.4, 0.5) is 4.79 Å². The molecule has 0 spiro atoms. The molecular weight excluding hydrogens is 402 g/mol. The first kappa shape index (κ1) is 22.5. The van der Waals surface area contributed by atoms with Gasteiger partial charge in [0.2, 0.25) is 0 Å². The van der Waals surface area contributed by atoms with Crippen molar-refractivity contribution in [2.24, 2.45) is 4.99 Å². The van der Waals surface area contributed by atoms with Crippen LogP contribution in [0.3, 0.4) is 0 Å². The molecule has 2 atom stereocenters. The monoisotopic (exact) mass is 439 g/mol. The van der Waals surface area contributed by atoms with E-state index in [1.54, 1.807) is 0 Å². The second-order valence-electron chi connectivity index (χ2n) is 10.0. The number of ether oxygens (including phenoxy) is 1. The van der Waals surface area contributed by atoms with Gasteiger partial charge in [0.25, 0.3) is 0 Å². The van der Waals surface area contributed by atoms with Crippen molar-refractivity contribution in [2.75, 3.05) is 13.6 Å². The highest BCUT2D eigenvalue weighted by atomic mass is 16.6. The third-order valence-corrected chi connectivity index (χ3v) is 6.49. The number of aryl methyl sites for hydroxylation is 1. The van der Waals surface area contributed by atoms with Crippen LogP contribution >= 0.6 is 0 Å². The van der Waals surface area contributed by atoms with Gasteiger partial charge >= 0.3 is 6.09 Å². The number of nitrogens with zero attached hydrogens (tertiary/aromatic N) is 2. The van der Waals surface area contributed by atoms with E-state index >= 15 is 0 Å². The molecule has 3 heterocycles. The number of rotatable bonds is 5. The predicted octanol–water partition coefficient (Wildman–Crippen LogP) is 4.20. The maximum Gasteiger partial charge on any atom is 0.410 e. The number of H-pyrrole nitrogens is 1. The van der Waals surface area contributed by atoms with Gasteiger partial charge in [-0.05, 0) is 70.9 Å². The lowest BCUT2D eigenvalue weighted by Crippen LogP contribution is -2.55. The van der Waals surface area contributed by atoms with E-state index in [-0.39, 0.29) is 18.2 Å². The Labute approximate surface area is 191 Å². The van der Waals surface area contributed by atoms with E-state index in [1.807, 2.05) is 32.7 Å². The Balaban J connectivity index is 1.24. The second-order valence-corrected chi connectivity index (χ2v) is 10.0. The van der Waals surface area contributed by atoms with Crippen molar-refractivity contribution in [1.82, 2.24) is 20.5 Å². The Morgan fingerprint density at radius 3 is 2.62 bits per heavy atom. The third kappa shape index (κ3) is 5.19. The fourth-order valence-electron chi connectivity index (χ4n) is 5.12. The summed E-state index contributed by atoms with van der Waals surface area (Å²) < 4.78 is 5.65. The van der Waals surface area contributed by atoms with E-state index in [4.69, 9.17) is 4.74 Å². The molecule has 4 rings (SSSR count). The van der Waals surface area contributed by atoms with Crippen molar-refractivity contribution >= 4 is 23.0 Å². The predicted molar refractivity (Wildman–Crippen MR) is 129 cm³/mol. The topological polar surface area (TPSA) is 81.8 Å². The SMILES string of the molecule is CN=C(NCCCc1c[nH]c2ccccc12)NC1CC2CCC(C1)N2C(=O)OC(C)(C)C. The molecule has 3 N–H and O–H groups in total. The van der Waals surface area contributed by atoms with Gasteiger partial charge < -0.3 is 25.3 Å². The summed E-state index contributed by atoms with van der Waals surface area (Å²) in [7, 11) is 1.82. The number of benzene rings is 1. The molecular formula is C25H37N5O2. The zero-order valence-electron chi connectivity index (χ0n) is 19.8. The van der Waals surface area contributed by atoms with Gasteiger partial charge in [-0.1, -0.05) is 18.2 Å². The number of hydrogen-bond donors (Lipinski definition) is 3. The average Bonchev–Trinajstić information content (AvgIpc) is 3.27. The minimum Gasteiger partial charge on any atom is -0.444 e. The number of piperidine rings is 1. The number of aromatic nitrogens is 1. The maximum atomic E-state index is 12.7. The lowest BCUT2D eigenvalue weighted by Gasteiger charge is -2.40. The van der Waals surface area contributed by atoms with Crippen LogP contribution in [-0.2, 0) is 11.2 Å². The van der Waals surface area contributed by atoms with Gasteiger partial charge in [-0.2, -0.15) is 0 Å². The van der Waals surface area contributed by atoms with Crippen molar-refractivity contribution in [1.29, 1.82) is 0 Å². The summed E-state index contributed by atoms with van der Waals surface area (Å²) in [6.07, 6.45) is 7.99. The molecule has 2 aliphatic rings. The number of nitrogens with one attached hydrogen (secondary N) is 3. The molecule has 2 bridgehead atoms. The van der Waals surface area contributed by atoms with Crippen LogP contribution in [0.2, 0.25) is 0 Å². The van der Waals surface area contributed by atoms with E-state index in [9.17, 15) is 4.79 Å². The number of aromatic amines is 1. The molecule has 2 fully saturated rings. The largest absolute Gasteiger partial charge is 0.444 e. The highest BCUT2D eigenvalue weighted by Gasteiger charge is 2.45. The van der Waals surface area contributed by atoms with Crippen LogP contribution < -0.4 is 10.6 Å². The zero-order chi connectivity index (χ0) is 22.7. The minimum atomic E-state index is -0.454. The van der Waals surface area contributed by atoms with Gasteiger partial charge in [-0.3, -0.25) is 4.99 Å². The molecule has 0 saturated carbocycles. The molecule has 7 nitrogen and oxygen atoms in total. The number of guanidine groups is 1. The molecule has 2 aliphatic heterocycles. The van der Waals surface area contributed by atoms with Crippen molar-refractivity contribution in [2.45, 2.75) is 83.0 Å². The second kappa shape index (κ2) is 9.43. The number of amides is 1. The van der Waals surface area contributed by atoms with Gasteiger partial charge in [0.15, 0.2) is 5.96 Å². The molecule has 0 radical (unpaired) electrons. The molecule has 2 aromatic rings. The summed E-state index contributed by atoms with van der Waals surface area (Å²) in [5.41, 5.74) is 2.10. The van der Waals surface area contributed by atoms with Crippen LogP contribution in [0, 0.1) is 0 Å². The standard InChI is InChI=1S/C25H37N5O2/c1-25(2,3)32-24(31)30-19-11-12-20(30)15-18(14-19)29-23(26-4)27-13-7-8-17-16-28-22-10-6-5-9-21(17)22/h5-6,9-10,16,18-20,28H,7-8,11-15H2,1-4H3,(H2,26,27,29). The molecule has 1 aromatic heterocycles. The Morgan fingerprint density at radius 2 is 1.94 bits per heavy atom. The molecule has 0 aliphatic carbocycles. The Hall–Kier alpha value is -2.70. The average molecular weight is 440 g/mol. The summed E-state index contributed by atoms with van der Waals surface area (Å²) in [6.45, 7) is 6.64. The summed E-state index contributed by atoms with van der Waals surface area (Å²) in [4.78, 5) is 22.4. The van der Waals surface area contributed by atoms with Crippen molar-refractivity contribution in [3.8, 4) is 0 Å². The zero-order valence-corrected chi connectivity index (χ0v) is 19.8. The van der Waals surface area contributed by atoms with Crippen LogP contribution in [0.25, 0.3) is 10.9 Å². The van der Waals surface area contributed by atoms with E-state index < -0.39 is 5.60 Å². The number of carbonyl (C=O) groups is 1. The van der Waals surface area contributed by atoms with Crippen molar-refractivity contribution < 1.29 is 9.53 Å². The lowest BCUT2D eigenvalue weighted by atomic mass is 9.98. The first-order valence-corrected chi connectivity index (χ1v) is 11.9. The Bertz CT molecular complexity index is 947. The fraction of sp³-hybridized carbons (Fsp3) is 0.600. The molecule has 1 amide bonds. The quantitative estimate of drug-likeness (QED) is 0.371. The summed E-state index contributed by atoms with van der Waals surface area (Å²) in [6, 6.07) is 9.26. The van der Waals surface area contributed by atoms with E-state index in [0.717, 1.165) is 51.0 Å². The van der Waals surface area contributed by atoms with Gasteiger partial charge in [0, 0.05) is 48.8 Å². The Kier molecular flexibility index (Phi) is 6.63. The summed E-state index contributed by atoms with van der Waals surface area (Å²) in [5, 5.41) is 8.36. The summed E-state index contributed by atoms with van der Waals surface area (Å²) >= 11 is 0. The molecule has 1 aromatic carbocycles. The molecule has 174 valence electrons. The van der Waals surface area contributed by atoms with Crippen LogP contribution in [0.15, 0.2) is 35.5 Å². The molecule has 2 unspecified atom stereocenters. The molecule has 32 heavy (non-hydrogen) atoms. The Morgan fingerprint density at radius 1 is 1.22 bits per heavy atom. The number of para-hydroxylation sites is 1. The van der Waals surface area contributed by atoms with E-state index in [2.05, 4.69) is 51.1 Å². The highest BCUT2D eigenvalue weighted by Crippen LogP contribution is 2.36. The van der Waals surface area contributed by atoms with Crippen molar-refractivity contribution in [3.63, 3.8) is 0 Å². The van der Waals surface area contributed by atoms with Gasteiger partial charge in [0.1, 0.15) is 5.60 Å². The fourth-order valence-corrected chi connectivity index (χ4v) is 5.12. The van der Waals surface area contributed by atoms with Crippen LogP contribution in [-0.4, -0.2) is 59.3 Å². The number of aliphatic imine (C=N–C) groups is 1. The van der Waals surface area contributed by atoms with E-state index in [0.29, 0.717) is 6.04 Å². The van der Waals surface area contributed by atoms with Gasteiger partial charge in [0.05, 0.1) is 0 Å². The number of fused-ring (bicyclic) bond motifs is 3.